The van der Waals surface area contributed by atoms with Gasteiger partial charge in [-0.2, -0.15) is 0 Å². The van der Waals surface area contributed by atoms with Gasteiger partial charge in [-0.1, -0.05) is 0 Å². The van der Waals surface area contributed by atoms with Crippen LogP contribution in [0, 0.1) is 5.92 Å². The van der Waals surface area contributed by atoms with E-state index in [0.29, 0.717) is 0 Å². The summed E-state index contributed by atoms with van der Waals surface area (Å²) in [5, 5.41) is 0. The van der Waals surface area contributed by atoms with Crippen molar-refractivity contribution in [3.8, 4) is 0 Å². The summed E-state index contributed by atoms with van der Waals surface area (Å²) in [5.41, 5.74) is 0. The van der Waals surface area contributed by atoms with E-state index in [1.165, 1.54) is 38.0 Å². The number of carbonyl (C=O) groups excluding carboxylic acids is 4. The second-order valence-corrected chi connectivity index (χ2v) is 7.62. The van der Waals surface area contributed by atoms with Crippen LogP contribution in [0.5, 0.6) is 0 Å². The Kier molecular flexibility index (Phi) is 10.1. The summed E-state index contributed by atoms with van der Waals surface area (Å²) in [6.07, 6.45) is -1.43. The summed E-state index contributed by atoms with van der Waals surface area (Å²) in [6.45, 7) is -1.05. The molecule has 0 aliphatic heterocycles. The second kappa shape index (κ2) is 10.9. The van der Waals surface area contributed by atoms with E-state index >= 15 is 0 Å². The molecule has 0 bridgehead atoms. The number of ether oxygens (including phenoxy) is 2. The Labute approximate surface area is 151 Å². The first-order chi connectivity index (χ1) is 11.8. The van der Waals surface area contributed by atoms with E-state index in [1.807, 2.05) is 0 Å². The van der Waals surface area contributed by atoms with Gasteiger partial charge in [0.25, 0.3) is 11.8 Å². The van der Waals surface area contributed by atoms with Crippen molar-refractivity contribution in [3.63, 3.8) is 0 Å². The lowest BCUT2D eigenvalue weighted by Crippen LogP contribution is -2.31. The number of likely N-dealkylation sites (N-methyl/N-ethyl adjacent to an activating group) is 2. The molecule has 0 fully saturated rings. The minimum Gasteiger partial charge on any atom is -0.456 e. The van der Waals surface area contributed by atoms with E-state index in [0.717, 1.165) is 0 Å². The molecular weight excluding hydrogens is 371 g/mol. The summed E-state index contributed by atoms with van der Waals surface area (Å²) >= 11 is 0. The molecule has 26 heavy (non-hydrogen) atoms. The molecule has 0 saturated carbocycles. The number of hydrogen-bond donors (Lipinski definition) is 2. The summed E-state index contributed by atoms with van der Waals surface area (Å²) < 4.78 is 20.6. The average Bonchev–Trinajstić information content (AvgIpc) is 2.52. The van der Waals surface area contributed by atoms with Crippen molar-refractivity contribution in [2.24, 2.45) is 5.92 Å². The third kappa shape index (κ3) is 10.8. The Morgan fingerprint density at radius 3 is 1.81 bits per heavy atom. The highest BCUT2D eigenvalue weighted by Gasteiger charge is 2.30. The fourth-order valence-electron chi connectivity index (χ4n) is 1.59. The van der Waals surface area contributed by atoms with Gasteiger partial charge < -0.3 is 29.1 Å². The summed E-state index contributed by atoms with van der Waals surface area (Å²) in [6, 6.07) is 0. The molecule has 12 heteroatoms. The maximum atomic E-state index is 12.0. The normalized spacial score (nSPS) is 12.1. The van der Waals surface area contributed by atoms with Crippen LogP contribution in [0.2, 0.25) is 0 Å². The van der Waals surface area contributed by atoms with Crippen LogP contribution >= 0.6 is 7.60 Å². The zero-order valence-electron chi connectivity index (χ0n) is 15.2. The van der Waals surface area contributed by atoms with Crippen LogP contribution in [-0.4, -0.2) is 90.9 Å². The molecule has 0 saturated heterocycles. The number of hydrogen-bond acceptors (Lipinski definition) is 7. The van der Waals surface area contributed by atoms with Gasteiger partial charge in [0.1, 0.15) is 0 Å². The Morgan fingerprint density at radius 2 is 1.38 bits per heavy atom. The molecule has 0 heterocycles. The molecule has 0 aliphatic rings. The van der Waals surface area contributed by atoms with Crippen LogP contribution in [0.3, 0.4) is 0 Å². The van der Waals surface area contributed by atoms with Crippen LogP contribution in [-0.2, 0) is 33.2 Å². The zero-order valence-corrected chi connectivity index (χ0v) is 16.1. The van der Waals surface area contributed by atoms with E-state index in [1.54, 1.807) is 0 Å². The molecule has 0 aromatic carbocycles. The van der Waals surface area contributed by atoms with Gasteiger partial charge >= 0.3 is 19.5 Å². The molecule has 11 nitrogen and oxygen atoms in total. The molecule has 0 spiro atoms. The van der Waals surface area contributed by atoms with Gasteiger partial charge in [0.05, 0.1) is 12.1 Å². The van der Waals surface area contributed by atoms with E-state index in [-0.39, 0.29) is 12.8 Å². The predicted molar refractivity (Wildman–Crippen MR) is 88.9 cm³/mol. The molecule has 0 aliphatic carbocycles. The van der Waals surface area contributed by atoms with Crippen molar-refractivity contribution in [2.45, 2.75) is 12.8 Å². The van der Waals surface area contributed by atoms with Gasteiger partial charge in [-0.25, -0.2) is 0 Å². The number of esters is 2. The molecule has 0 aromatic heterocycles. The van der Waals surface area contributed by atoms with Crippen molar-refractivity contribution in [3.05, 3.63) is 0 Å². The van der Waals surface area contributed by atoms with E-state index in [9.17, 15) is 23.7 Å². The topological polar surface area (TPSA) is 151 Å². The maximum Gasteiger partial charge on any atom is 0.326 e. The van der Waals surface area contributed by atoms with Gasteiger partial charge in [0.15, 0.2) is 13.2 Å². The molecule has 2 amide bonds. The minimum absolute atomic E-state index is 0.255. The third-order valence-electron chi connectivity index (χ3n) is 3.18. The Balaban J connectivity index is 4.66. The van der Waals surface area contributed by atoms with Crippen LogP contribution in [0.4, 0.5) is 0 Å². The fourth-order valence-corrected chi connectivity index (χ4v) is 2.49. The van der Waals surface area contributed by atoms with Gasteiger partial charge in [-0.05, 0) is 6.42 Å². The van der Waals surface area contributed by atoms with E-state index in [4.69, 9.17) is 19.3 Å². The zero-order chi connectivity index (χ0) is 20.5. The lowest BCUT2D eigenvalue weighted by Gasteiger charge is -2.17. The van der Waals surface area contributed by atoms with E-state index < -0.39 is 56.6 Å². The maximum absolute atomic E-state index is 12.0. The van der Waals surface area contributed by atoms with Crippen molar-refractivity contribution in [1.82, 2.24) is 9.80 Å². The van der Waals surface area contributed by atoms with Crippen molar-refractivity contribution in [2.75, 3.05) is 47.6 Å². The predicted octanol–water partition coefficient (Wildman–Crippen LogP) is -1.18. The lowest BCUT2D eigenvalue weighted by molar-refractivity contribution is -0.155. The number of rotatable bonds is 10. The largest absolute Gasteiger partial charge is 0.456 e. The standard InChI is InChI=1S/C14H25N2O9P/c1-15(2)11(17)7-24-13(19)6-5-10(9-26(21,22)23)14(20)25-8-12(18)16(3)4/h10H,5-9H2,1-4H3,(H2,21,22,23). The highest BCUT2D eigenvalue weighted by molar-refractivity contribution is 7.51. The SMILES string of the molecule is CN(C)C(=O)COC(=O)CCC(CP(=O)(O)O)C(=O)OCC(=O)N(C)C. The fraction of sp³-hybridized carbons (Fsp3) is 0.714. The van der Waals surface area contributed by atoms with Crippen LogP contribution in [0.25, 0.3) is 0 Å². The average molecular weight is 396 g/mol. The molecule has 2 N–H and O–H groups in total. The van der Waals surface area contributed by atoms with Crippen LogP contribution in [0.1, 0.15) is 12.8 Å². The Hall–Kier alpha value is -1.97. The molecule has 0 rings (SSSR count). The Morgan fingerprint density at radius 1 is 0.923 bits per heavy atom. The summed E-state index contributed by atoms with van der Waals surface area (Å²) in [4.78, 5) is 66.9. The van der Waals surface area contributed by atoms with E-state index in [2.05, 4.69) is 0 Å². The molecule has 1 atom stereocenters. The highest BCUT2D eigenvalue weighted by atomic mass is 31.2. The van der Waals surface area contributed by atoms with Crippen molar-refractivity contribution < 1.29 is 43.0 Å². The first-order valence-corrected chi connectivity index (χ1v) is 9.40. The smallest absolute Gasteiger partial charge is 0.326 e. The molecule has 0 radical (unpaired) electrons. The minimum atomic E-state index is -4.56. The summed E-state index contributed by atoms with van der Waals surface area (Å²) in [7, 11) is 1.32. The Bertz CT molecular complexity index is 571. The number of carbonyl (C=O) groups is 4. The number of amides is 2. The first-order valence-electron chi connectivity index (χ1n) is 7.60. The quantitative estimate of drug-likeness (QED) is 0.343. The van der Waals surface area contributed by atoms with Gasteiger partial charge in [-0.3, -0.25) is 23.7 Å². The van der Waals surface area contributed by atoms with Crippen molar-refractivity contribution in [1.29, 1.82) is 0 Å². The lowest BCUT2D eigenvalue weighted by atomic mass is 10.1. The van der Waals surface area contributed by atoms with Crippen LogP contribution < -0.4 is 0 Å². The number of nitrogens with zero attached hydrogens (tertiary/aromatic N) is 2. The van der Waals surface area contributed by atoms with Gasteiger partial charge in [0.2, 0.25) is 0 Å². The second-order valence-electron chi connectivity index (χ2n) is 5.93. The first kappa shape index (κ1) is 24.0. The van der Waals surface area contributed by atoms with Crippen molar-refractivity contribution >= 4 is 31.3 Å². The van der Waals surface area contributed by atoms with Crippen LogP contribution in [0.15, 0.2) is 0 Å². The third-order valence-corrected chi connectivity index (χ3v) is 4.10. The van der Waals surface area contributed by atoms with Gasteiger partial charge in [0, 0.05) is 34.6 Å². The monoisotopic (exact) mass is 396 g/mol. The van der Waals surface area contributed by atoms with Gasteiger partial charge in [-0.15, -0.1) is 0 Å². The molecule has 1 unspecified atom stereocenters. The highest BCUT2D eigenvalue weighted by Crippen LogP contribution is 2.38. The molecular formula is C14H25N2O9P. The molecule has 150 valence electrons. The molecule has 0 aromatic rings. The summed E-state index contributed by atoms with van der Waals surface area (Å²) in [5.74, 6) is -4.03.